The van der Waals surface area contributed by atoms with E-state index in [1.54, 1.807) is 0 Å². The molecule has 1 aromatic rings. The molecule has 0 aliphatic carbocycles. The van der Waals surface area contributed by atoms with Gasteiger partial charge in [-0.2, -0.15) is 11.8 Å². The van der Waals surface area contributed by atoms with Gasteiger partial charge in [0.25, 0.3) is 0 Å². The maximum Gasteiger partial charge on any atom is 0.191 e. The van der Waals surface area contributed by atoms with Gasteiger partial charge in [0.2, 0.25) is 0 Å². The van der Waals surface area contributed by atoms with Gasteiger partial charge in [0, 0.05) is 43.6 Å². The molecule has 1 unspecified atom stereocenters. The van der Waals surface area contributed by atoms with Crippen LogP contribution < -0.4 is 10.6 Å². The molecule has 2 N–H and O–H groups in total. The predicted molar refractivity (Wildman–Crippen MR) is 122 cm³/mol. The number of thioether (sulfide) groups is 1. The summed E-state index contributed by atoms with van der Waals surface area (Å²) in [5.74, 6) is 0.931. The lowest BCUT2D eigenvalue weighted by Crippen LogP contribution is -2.42. The van der Waals surface area contributed by atoms with E-state index in [0.717, 1.165) is 64.6 Å². The van der Waals surface area contributed by atoms with Crippen molar-refractivity contribution in [3.05, 3.63) is 35.9 Å². The van der Waals surface area contributed by atoms with Gasteiger partial charge in [-0.15, -0.1) is 0 Å². The third-order valence-electron chi connectivity index (χ3n) is 5.59. The van der Waals surface area contributed by atoms with Crippen molar-refractivity contribution in [2.45, 2.75) is 50.4 Å². The minimum absolute atomic E-state index is 0.226. The monoisotopic (exact) mass is 406 g/mol. The molecule has 158 valence electrons. The number of benzene rings is 1. The van der Waals surface area contributed by atoms with Crippen LogP contribution in [0.15, 0.2) is 35.3 Å². The van der Waals surface area contributed by atoms with Crippen LogP contribution in [0.1, 0.15) is 38.7 Å². The molecule has 0 radical (unpaired) electrons. The molecule has 1 atom stereocenters. The second-order valence-electron chi connectivity index (χ2n) is 7.66. The van der Waals surface area contributed by atoms with E-state index in [9.17, 15) is 0 Å². The number of hydrogen-bond donors (Lipinski definition) is 2. The van der Waals surface area contributed by atoms with Gasteiger partial charge in [0.15, 0.2) is 5.96 Å². The lowest BCUT2D eigenvalue weighted by Gasteiger charge is -2.34. The van der Waals surface area contributed by atoms with E-state index < -0.39 is 0 Å². The maximum absolute atomic E-state index is 5.54. The summed E-state index contributed by atoms with van der Waals surface area (Å²) in [6, 6.07) is 11.2. The zero-order chi connectivity index (χ0) is 20.2. The molecule has 2 rings (SSSR count). The van der Waals surface area contributed by atoms with Crippen LogP contribution in [0.4, 0.5) is 0 Å². The number of nitrogens with one attached hydrogen (secondary N) is 2. The van der Waals surface area contributed by atoms with Crippen molar-refractivity contribution < 1.29 is 4.74 Å². The van der Waals surface area contributed by atoms with Crippen LogP contribution in [-0.4, -0.2) is 67.8 Å². The van der Waals surface area contributed by atoms with Crippen LogP contribution in [0.5, 0.6) is 0 Å². The van der Waals surface area contributed by atoms with Crippen LogP contribution in [0.3, 0.4) is 0 Å². The molecule has 0 saturated carbocycles. The van der Waals surface area contributed by atoms with Gasteiger partial charge < -0.3 is 15.4 Å². The Balaban J connectivity index is 1.79. The molecule has 0 amide bonds. The fourth-order valence-electron chi connectivity index (χ4n) is 3.38. The van der Waals surface area contributed by atoms with Gasteiger partial charge >= 0.3 is 0 Å². The fourth-order valence-corrected chi connectivity index (χ4v) is 4.15. The summed E-state index contributed by atoms with van der Waals surface area (Å²) in [5, 5.41) is 6.91. The molecule has 1 aliphatic heterocycles. The first kappa shape index (κ1) is 23.0. The van der Waals surface area contributed by atoms with Gasteiger partial charge in [-0.3, -0.25) is 9.89 Å². The van der Waals surface area contributed by atoms with Crippen LogP contribution in [0.25, 0.3) is 0 Å². The molecule has 0 aromatic heterocycles. The highest BCUT2D eigenvalue weighted by Crippen LogP contribution is 2.33. The Morgan fingerprint density at radius 1 is 1.25 bits per heavy atom. The molecular weight excluding hydrogens is 368 g/mol. The summed E-state index contributed by atoms with van der Waals surface area (Å²) in [6.45, 7) is 9.74. The molecule has 1 aromatic carbocycles. The Kier molecular flexibility index (Phi) is 10.2. The van der Waals surface area contributed by atoms with Gasteiger partial charge in [-0.05, 0) is 52.0 Å². The van der Waals surface area contributed by atoms with Crippen LogP contribution in [-0.2, 0) is 11.3 Å². The molecule has 1 fully saturated rings. The molecule has 6 heteroatoms. The largest absolute Gasteiger partial charge is 0.381 e. The van der Waals surface area contributed by atoms with Crippen molar-refractivity contribution in [2.24, 2.45) is 4.99 Å². The van der Waals surface area contributed by atoms with E-state index >= 15 is 0 Å². The van der Waals surface area contributed by atoms with Crippen molar-refractivity contribution in [3.8, 4) is 0 Å². The van der Waals surface area contributed by atoms with Crippen molar-refractivity contribution in [1.29, 1.82) is 0 Å². The molecule has 1 aliphatic rings. The number of aliphatic imine (C=N–C) groups is 1. The summed E-state index contributed by atoms with van der Waals surface area (Å²) in [7, 11) is 2.20. The normalized spacial score (nSPS) is 18.1. The molecule has 1 heterocycles. The number of nitrogens with zero attached hydrogens (tertiary/aromatic N) is 2. The average molecular weight is 407 g/mol. The third-order valence-corrected chi connectivity index (χ3v) is 6.99. The van der Waals surface area contributed by atoms with Crippen LogP contribution in [0, 0.1) is 0 Å². The van der Waals surface area contributed by atoms with Gasteiger partial charge in [-0.1, -0.05) is 30.3 Å². The Morgan fingerprint density at radius 2 is 1.96 bits per heavy atom. The predicted octanol–water partition coefficient (Wildman–Crippen LogP) is 3.36. The Bertz CT molecular complexity index is 575. The highest BCUT2D eigenvalue weighted by atomic mass is 32.2. The van der Waals surface area contributed by atoms with Gasteiger partial charge in [0.05, 0.1) is 6.54 Å². The third kappa shape index (κ3) is 7.64. The molecule has 28 heavy (non-hydrogen) atoms. The first-order chi connectivity index (χ1) is 13.6. The first-order valence-electron chi connectivity index (χ1n) is 10.5. The lowest BCUT2D eigenvalue weighted by molar-refractivity contribution is 0.0794. The van der Waals surface area contributed by atoms with Gasteiger partial charge in [0.1, 0.15) is 0 Å². The number of hydrogen-bond acceptors (Lipinski definition) is 4. The number of rotatable bonds is 10. The molecule has 0 bridgehead atoms. The van der Waals surface area contributed by atoms with Crippen LogP contribution in [0.2, 0.25) is 0 Å². The minimum Gasteiger partial charge on any atom is -0.381 e. The fraction of sp³-hybridized carbons (Fsp3) is 0.682. The Labute approximate surface area is 175 Å². The first-order valence-corrected chi connectivity index (χ1v) is 11.7. The van der Waals surface area contributed by atoms with Crippen LogP contribution >= 0.6 is 11.8 Å². The second-order valence-corrected chi connectivity index (χ2v) is 8.93. The standard InChI is InChI=1S/C22H38N4OS/c1-5-23-21(25-18-22(28-4)12-15-27-16-13-22)24-14-11-19(2)26(3)17-20-9-7-6-8-10-20/h6-10,19H,5,11-18H2,1-4H3,(H2,23,24,25). The summed E-state index contributed by atoms with van der Waals surface area (Å²) < 4.78 is 5.77. The minimum atomic E-state index is 0.226. The highest BCUT2D eigenvalue weighted by Gasteiger charge is 2.31. The topological polar surface area (TPSA) is 48.9 Å². The van der Waals surface area contributed by atoms with Crippen molar-refractivity contribution >= 4 is 17.7 Å². The summed E-state index contributed by atoms with van der Waals surface area (Å²) in [5.41, 5.74) is 1.36. The highest BCUT2D eigenvalue weighted by molar-refractivity contribution is 8.00. The average Bonchev–Trinajstić information content (AvgIpc) is 2.73. The molecule has 5 nitrogen and oxygen atoms in total. The second kappa shape index (κ2) is 12.3. The van der Waals surface area contributed by atoms with E-state index in [-0.39, 0.29) is 4.75 Å². The smallest absolute Gasteiger partial charge is 0.191 e. The molecule has 0 spiro atoms. The van der Waals surface area contributed by atoms with E-state index in [2.05, 4.69) is 73.0 Å². The van der Waals surface area contributed by atoms with E-state index in [4.69, 9.17) is 9.73 Å². The maximum atomic E-state index is 5.54. The SMILES string of the molecule is CCNC(=NCC1(SC)CCOCC1)NCCC(C)N(C)Cc1ccccc1. The summed E-state index contributed by atoms with van der Waals surface area (Å²) in [6.07, 6.45) is 5.44. The van der Waals surface area contributed by atoms with E-state index in [1.165, 1.54) is 5.56 Å². The summed E-state index contributed by atoms with van der Waals surface area (Å²) in [4.78, 5) is 7.30. The molecular formula is C22H38N4OS. The Hall–Kier alpha value is -1.24. The quantitative estimate of drug-likeness (QED) is 0.461. The van der Waals surface area contributed by atoms with Crippen molar-refractivity contribution in [2.75, 3.05) is 46.2 Å². The van der Waals surface area contributed by atoms with Crippen molar-refractivity contribution in [1.82, 2.24) is 15.5 Å². The number of guanidine groups is 1. The van der Waals surface area contributed by atoms with E-state index in [0.29, 0.717) is 6.04 Å². The zero-order valence-electron chi connectivity index (χ0n) is 18.0. The molecule has 1 saturated heterocycles. The van der Waals surface area contributed by atoms with Gasteiger partial charge in [-0.25, -0.2) is 0 Å². The zero-order valence-corrected chi connectivity index (χ0v) is 18.9. The lowest BCUT2D eigenvalue weighted by atomic mass is 9.99. The Morgan fingerprint density at radius 3 is 2.61 bits per heavy atom. The van der Waals surface area contributed by atoms with Crippen molar-refractivity contribution in [3.63, 3.8) is 0 Å². The summed E-state index contributed by atoms with van der Waals surface area (Å²) >= 11 is 1.94. The van der Waals surface area contributed by atoms with E-state index in [1.807, 2.05) is 11.8 Å². The number of ether oxygens (including phenoxy) is 1.